The van der Waals surface area contributed by atoms with Crippen LogP contribution < -0.4 is 0 Å². The SMILES string of the molecule is O=C1S/C(=C\c2ccc(-c3ccc([N+](=O)[O-])cc3)o2)C(=S)N1Cc1ccccc1. The molecule has 3 aromatic rings. The average Bonchev–Trinajstić information content (AvgIpc) is 3.29. The highest BCUT2D eigenvalue weighted by molar-refractivity contribution is 8.19. The van der Waals surface area contributed by atoms with E-state index in [0.29, 0.717) is 28.0 Å². The number of carbonyl (C=O) groups is 1. The molecule has 29 heavy (non-hydrogen) atoms. The predicted octanol–water partition coefficient (Wildman–Crippen LogP) is 5.89. The third kappa shape index (κ3) is 4.13. The maximum atomic E-state index is 12.4. The van der Waals surface area contributed by atoms with Gasteiger partial charge in [-0.1, -0.05) is 42.5 Å². The third-order valence-corrected chi connectivity index (χ3v) is 5.82. The van der Waals surface area contributed by atoms with E-state index < -0.39 is 4.92 Å². The molecule has 0 radical (unpaired) electrons. The molecule has 1 aliphatic rings. The van der Waals surface area contributed by atoms with Crippen molar-refractivity contribution in [1.29, 1.82) is 0 Å². The lowest BCUT2D eigenvalue weighted by molar-refractivity contribution is -0.384. The molecule has 0 saturated carbocycles. The van der Waals surface area contributed by atoms with Crippen LogP contribution in [0.1, 0.15) is 11.3 Å². The summed E-state index contributed by atoms with van der Waals surface area (Å²) in [6.45, 7) is 0.426. The minimum absolute atomic E-state index is 0.0207. The maximum Gasteiger partial charge on any atom is 0.291 e. The Labute approximate surface area is 176 Å². The van der Waals surface area contributed by atoms with Crippen molar-refractivity contribution in [2.24, 2.45) is 0 Å². The number of benzene rings is 2. The van der Waals surface area contributed by atoms with Crippen molar-refractivity contribution >= 4 is 46.0 Å². The van der Waals surface area contributed by atoms with Crippen molar-refractivity contribution in [2.75, 3.05) is 0 Å². The van der Waals surface area contributed by atoms with Gasteiger partial charge < -0.3 is 4.42 Å². The number of rotatable bonds is 5. The number of nitro groups is 1. The van der Waals surface area contributed by atoms with Crippen LogP contribution in [0, 0.1) is 10.1 Å². The Kier molecular flexibility index (Phi) is 5.28. The zero-order chi connectivity index (χ0) is 20.4. The summed E-state index contributed by atoms with van der Waals surface area (Å²) in [4.78, 5) is 25.4. The second-order valence-corrected chi connectivity index (χ2v) is 7.64. The molecular formula is C21H14N2O4S2. The van der Waals surface area contributed by atoms with E-state index in [2.05, 4.69) is 0 Å². The predicted molar refractivity (Wildman–Crippen MR) is 116 cm³/mol. The summed E-state index contributed by atoms with van der Waals surface area (Å²) < 4.78 is 5.82. The first-order chi connectivity index (χ1) is 14.0. The minimum Gasteiger partial charge on any atom is -0.457 e. The van der Waals surface area contributed by atoms with E-state index in [-0.39, 0.29) is 10.9 Å². The number of furan rings is 1. The maximum absolute atomic E-state index is 12.4. The van der Waals surface area contributed by atoms with Crippen molar-refractivity contribution in [3.63, 3.8) is 0 Å². The van der Waals surface area contributed by atoms with Crippen LogP contribution in [0.15, 0.2) is 76.1 Å². The van der Waals surface area contributed by atoms with Crippen molar-refractivity contribution in [1.82, 2.24) is 4.90 Å². The van der Waals surface area contributed by atoms with Gasteiger partial charge in [0, 0.05) is 17.7 Å². The van der Waals surface area contributed by atoms with Crippen LogP contribution >= 0.6 is 24.0 Å². The lowest BCUT2D eigenvalue weighted by Gasteiger charge is -2.14. The van der Waals surface area contributed by atoms with E-state index in [1.165, 1.54) is 12.1 Å². The molecule has 6 nitrogen and oxygen atoms in total. The fourth-order valence-electron chi connectivity index (χ4n) is 2.86. The van der Waals surface area contributed by atoms with Crippen LogP contribution in [0.2, 0.25) is 0 Å². The molecule has 4 rings (SSSR count). The molecule has 0 aliphatic carbocycles. The van der Waals surface area contributed by atoms with Gasteiger partial charge in [0.05, 0.1) is 16.4 Å². The molecule has 1 amide bonds. The van der Waals surface area contributed by atoms with E-state index >= 15 is 0 Å². The van der Waals surface area contributed by atoms with E-state index in [0.717, 1.165) is 22.9 Å². The Hall–Kier alpha value is -3.23. The van der Waals surface area contributed by atoms with Gasteiger partial charge in [0.15, 0.2) is 0 Å². The van der Waals surface area contributed by atoms with Gasteiger partial charge in [0.25, 0.3) is 10.9 Å². The van der Waals surface area contributed by atoms with Gasteiger partial charge in [0.2, 0.25) is 0 Å². The van der Waals surface area contributed by atoms with Crippen molar-refractivity contribution < 1.29 is 14.1 Å². The van der Waals surface area contributed by atoms with Crippen LogP contribution in [0.5, 0.6) is 0 Å². The topological polar surface area (TPSA) is 76.6 Å². The van der Waals surface area contributed by atoms with Gasteiger partial charge in [-0.3, -0.25) is 19.8 Å². The smallest absolute Gasteiger partial charge is 0.291 e. The molecule has 0 atom stereocenters. The molecular weight excluding hydrogens is 408 g/mol. The van der Waals surface area contributed by atoms with E-state index in [1.807, 2.05) is 30.3 Å². The first-order valence-corrected chi connectivity index (χ1v) is 9.88. The normalized spacial score (nSPS) is 15.3. The molecule has 1 aromatic heterocycles. The zero-order valence-electron chi connectivity index (χ0n) is 15.0. The Morgan fingerprint density at radius 3 is 2.48 bits per heavy atom. The van der Waals surface area contributed by atoms with Crippen molar-refractivity contribution in [3.05, 3.63) is 93.1 Å². The standard InChI is InChI=1S/C21H14N2O4S2/c24-21-22(13-14-4-2-1-3-5-14)20(28)19(29-21)12-17-10-11-18(27-17)15-6-8-16(9-7-15)23(25)26/h1-12H,13H2/b19-12-. The number of non-ortho nitro benzene ring substituents is 1. The van der Waals surface area contributed by atoms with Crippen LogP contribution in [-0.2, 0) is 6.54 Å². The Bertz CT molecular complexity index is 1120. The largest absolute Gasteiger partial charge is 0.457 e. The number of amides is 1. The minimum atomic E-state index is -0.446. The highest BCUT2D eigenvalue weighted by Crippen LogP contribution is 2.35. The number of hydrogen-bond donors (Lipinski definition) is 0. The molecule has 144 valence electrons. The van der Waals surface area contributed by atoms with Crippen LogP contribution in [0.4, 0.5) is 10.5 Å². The highest BCUT2D eigenvalue weighted by Gasteiger charge is 2.31. The second-order valence-electron chi connectivity index (χ2n) is 6.26. The summed E-state index contributed by atoms with van der Waals surface area (Å²) in [6.07, 6.45) is 1.74. The van der Waals surface area contributed by atoms with Gasteiger partial charge in [-0.25, -0.2) is 0 Å². The summed E-state index contributed by atoms with van der Waals surface area (Å²) in [5.74, 6) is 1.13. The lowest BCUT2D eigenvalue weighted by atomic mass is 10.1. The molecule has 0 unspecified atom stereocenters. The van der Waals surface area contributed by atoms with Crippen molar-refractivity contribution in [2.45, 2.75) is 6.54 Å². The third-order valence-electron chi connectivity index (χ3n) is 4.32. The van der Waals surface area contributed by atoms with E-state index in [1.54, 1.807) is 35.2 Å². The van der Waals surface area contributed by atoms with Gasteiger partial charge >= 0.3 is 0 Å². The first kappa shape index (κ1) is 19.1. The lowest BCUT2D eigenvalue weighted by Crippen LogP contribution is -2.26. The van der Waals surface area contributed by atoms with Crippen molar-refractivity contribution in [3.8, 4) is 11.3 Å². The van der Waals surface area contributed by atoms with Gasteiger partial charge in [-0.05, 0) is 47.7 Å². The fraction of sp³-hybridized carbons (Fsp3) is 0.0476. The Morgan fingerprint density at radius 2 is 1.79 bits per heavy atom. The zero-order valence-corrected chi connectivity index (χ0v) is 16.6. The first-order valence-electron chi connectivity index (χ1n) is 8.65. The highest BCUT2D eigenvalue weighted by atomic mass is 32.2. The molecule has 1 aliphatic heterocycles. The number of thiocarbonyl (C=S) groups is 1. The summed E-state index contributed by atoms with van der Waals surface area (Å²) >= 11 is 6.56. The second kappa shape index (κ2) is 8.02. The monoisotopic (exact) mass is 422 g/mol. The average molecular weight is 422 g/mol. The number of carbonyl (C=O) groups excluding carboxylic acids is 1. The van der Waals surface area contributed by atoms with Gasteiger partial charge in [-0.15, -0.1) is 0 Å². The number of hydrogen-bond acceptors (Lipinski definition) is 6. The molecule has 0 spiro atoms. The van der Waals surface area contributed by atoms with E-state index in [9.17, 15) is 14.9 Å². The van der Waals surface area contributed by atoms with E-state index in [4.69, 9.17) is 16.6 Å². The Morgan fingerprint density at radius 1 is 1.07 bits per heavy atom. The fourth-order valence-corrected chi connectivity index (χ4v) is 4.08. The quantitative estimate of drug-likeness (QED) is 0.221. The molecule has 0 N–H and O–H groups in total. The number of thioether (sulfide) groups is 1. The summed E-state index contributed by atoms with van der Waals surface area (Å²) in [5.41, 5.74) is 1.75. The number of nitro benzene ring substituents is 1. The van der Waals surface area contributed by atoms with Crippen LogP contribution in [-0.4, -0.2) is 20.1 Å². The molecule has 2 aromatic carbocycles. The summed E-state index contributed by atoms with van der Waals surface area (Å²) in [5, 5.41) is 10.7. The Balaban J connectivity index is 1.52. The molecule has 8 heteroatoms. The van der Waals surface area contributed by atoms with Gasteiger partial charge in [0.1, 0.15) is 16.5 Å². The summed E-state index contributed by atoms with van der Waals surface area (Å²) in [6, 6.07) is 19.3. The van der Waals surface area contributed by atoms with Crippen LogP contribution in [0.3, 0.4) is 0 Å². The summed E-state index contributed by atoms with van der Waals surface area (Å²) in [7, 11) is 0. The molecule has 0 bridgehead atoms. The van der Waals surface area contributed by atoms with Crippen LogP contribution in [0.25, 0.3) is 17.4 Å². The number of nitrogens with zero attached hydrogens (tertiary/aromatic N) is 2. The molecule has 2 heterocycles. The van der Waals surface area contributed by atoms with Gasteiger partial charge in [-0.2, -0.15) is 0 Å². The molecule has 1 fully saturated rings. The molecule has 1 saturated heterocycles.